The van der Waals surface area contributed by atoms with Crippen LogP contribution < -0.4 is 0 Å². The van der Waals surface area contributed by atoms with Gasteiger partial charge in [0.05, 0.1) is 12.7 Å². The van der Waals surface area contributed by atoms with Gasteiger partial charge in [0.2, 0.25) is 0 Å². The largest absolute Gasteiger partial charge is 0.373 e. The van der Waals surface area contributed by atoms with Gasteiger partial charge in [-0.05, 0) is 38.8 Å². The Balaban J connectivity index is 1.80. The topological polar surface area (TPSA) is 12.5 Å². The molecule has 74 valence electrons. The number of allylic oxidation sites excluding steroid dienone is 1. The molecule has 0 aliphatic carbocycles. The maximum Gasteiger partial charge on any atom is 0.0735 e. The minimum Gasteiger partial charge on any atom is -0.373 e. The minimum atomic E-state index is 0.513. The molecule has 2 heteroatoms. The van der Waals surface area contributed by atoms with E-state index in [9.17, 15) is 0 Å². The van der Waals surface area contributed by atoms with E-state index >= 15 is 0 Å². The van der Waals surface area contributed by atoms with Gasteiger partial charge in [-0.3, -0.25) is 0 Å². The van der Waals surface area contributed by atoms with Crippen LogP contribution in [0.2, 0.25) is 0 Å². The molecule has 0 aromatic heterocycles. The molecule has 13 heavy (non-hydrogen) atoms. The lowest BCUT2D eigenvalue weighted by atomic mass is 9.86. The first kappa shape index (κ1) is 9.22. The third kappa shape index (κ3) is 2.12. The maximum atomic E-state index is 5.83. The van der Waals surface area contributed by atoms with Gasteiger partial charge >= 0.3 is 0 Å². The third-order valence-corrected chi connectivity index (χ3v) is 3.24. The molecule has 3 saturated heterocycles. The molecular weight excluding hydrogens is 162 g/mol. The molecule has 0 aromatic rings. The van der Waals surface area contributed by atoms with Crippen LogP contribution in [0, 0.1) is 5.92 Å². The molecule has 2 bridgehead atoms. The summed E-state index contributed by atoms with van der Waals surface area (Å²) >= 11 is 0. The van der Waals surface area contributed by atoms with E-state index in [4.69, 9.17) is 4.74 Å². The second-order valence-electron chi connectivity index (χ2n) is 4.08. The summed E-state index contributed by atoms with van der Waals surface area (Å²) in [4.78, 5) is 2.53. The monoisotopic (exact) mass is 181 g/mol. The standard InChI is InChI=1S/C11H19NO/c1-2-3-8-13-11-9-12-6-4-10(11)5-7-12/h2-3,10-11H,4-9H2,1H3/b3-2+. The molecule has 3 aliphatic heterocycles. The second-order valence-corrected chi connectivity index (χ2v) is 4.08. The lowest BCUT2D eigenvalue weighted by Gasteiger charge is -2.44. The molecule has 2 nitrogen and oxygen atoms in total. The van der Waals surface area contributed by atoms with E-state index in [0.29, 0.717) is 6.10 Å². The Labute approximate surface area is 80.6 Å². The smallest absolute Gasteiger partial charge is 0.0735 e. The highest BCUT2D eigenvalue weighted by Gasteiger charge is 2.34. The molecule has 0 spiro atoms. The molecule has 1 atom stereocenters. The number of ether oxygens (including phenoxy) is 1. The van der Waals surface area contributed by atoms with Crippen molar-refractivity contribution in [2.45, 2.75) is 25.9 Å². The van der Waals surface area contributed by atoms with Gasteiger partial charge in [-0.25, -0.2) is 0 Å². The van der Waals surface area contributed by atoms with Crippen LogP contribution in [0.15, 0.2) is 12.2 Å². The average Bonchev–Trinajstić information content (AvgIpc) is 2.20. The van der Waals surface area contributed by atoms with Crippen molar-refractivity contribution in [2.24, 2.45) is 5.92 Å². The first-order valence-electron chi connectivity index (χ1n) is 5.35. The molecular formula is C11H19NO. The van der Waals surface area contributed by atoms with Crippen LogP contribution in [0.5, 0.6) is 0 Å². The summed E-state index contributed by atoms with van der Waals surface area (Å²) in [5.41, 5.74) is 0. The molecule has 0 N–H and O–H groups in total. The summed E-state index contributed by atoms with van der Waals surface area (Å²) in [7, 11) is 0. The van der Waals surface area contributed by atoms with Crippen LogP contribution in [-0.4, -0.2) is 37.2 Å². The molecule has 3 rings (SSSR count). The Hall–Kier alpha value is -0.340. The van der Waals surface area contributed by atoms with Gasteiger partial charge in [0.25, 0.3) is 0 Å². The number of nitrogens with zero attached hydrogens (tertiary/aromatic N) is 1. The summed E-state index contributed by atoms with van der Waals surface area (Å²) in [5.74, 6) is 0.843. The van der Waals surface area contributed by atoms with Crippen molar-refractivity contribution in [1.29, 1.82) is 0 Å². The fraction of sp³-hybridized carbons (Fsp3) is 0.818. The van der Waals surface area contributed by atoms with Crippen LogP contribution >= 0.6 is 0 Å². The van der Waals surface area contributed by atoms with Crippen molar-refractivity contribution in [3.05, 3.63) is 12.2 Å². The summed E-state index contributed by atoms with van der Waals surface area (Å²) in [6.45, 7) is 6.61. The van der Waals surface area contributed by atoms with E-state index in [1.54, 1.807) is 0 Å². The number of hydrogen-bond acceptors (Lipinski definition) is 2. The lowest BCUT2D eigenvalue weighted by molar-refractivity contribution is -0.0603. The number of rotatable bonds is 3. The van der Waals surface area contributed by atoms with Crippen LogP contribution in [-0.2, 0) is 4.74 Å². The van der Waals surface area contributed by atoms with E-state index in [2.05, 4.69) is 17.1 Å². The third-order valence-electron chi connectivity index (χ3n) is 3.24. The fourth-order valence-electron chi connectivity index (χ4n) is 2.38. The Bertz CT molecular complexity index is 183. The molecule has 3 fully saturated rings. The Morgan fingerprint density at radius 3 is 2.69 bits per heavy atom. The van der Waals surface area contributed by atoms with Gasteiger partial charge < -0.3 is 9.64 Å². The van der Waals surface area contributed by atoms with Crippen LogP contribution in [0.4, 0.5) is 0 Å². The molecule has 3 heterocycles. The second kappa shape index (κ2) is 4.25. The highest BCUT2D eigenvalue weighted by molar-refractivity contribution is 4.88. The van der Waals surface area contributed by atoms with Crippen molar-refractivity contribution in [3.8, 4) is 0 Å². The van der Waals surface area contributed by atoms with Gasteiger partial charge in [-0.1, -0.05) is 12.2 Å². The Morgan fingerprint density at radius 1 is 1.38 bits per heavy atom. The van der Waals surface area contributed by atoms with Crippen LogP contribution in [0.1, 0.15) is 19.8 Å². The fourth-order valence-corrected chi connectivity index (χ4v) is 2.38. The SMILES string of the molecule is C/C=C/COC1CN2CCC1CC2. The molecule has 0 aromatic carbocycles. The molecule has 0 saturated carbocycles. The lowest BCUT2D eigenvalue weighted by Crippen LogP contribution is -2.51. The van der Waals surface area contributed by atoms with Gasteiger partial charge in [0, 0.05) is 6.54 Å². The van der Waals surface area contributed by atoms with E-state index < -0.39 is 0 Å². The minimum absolute atomic E-state index is 0.513. The van der Waals surface area contributed by atoms with Gasteiger partial charge in [0.1, 0.15) is 0 Å². The summed E-state index contributed by atoms with van der Waals surface area (Å²) < 4.78 is 5.83. The van der Waals surface area contributed by atoms with Crippen LogP contribution in [0.3, 0.4) is 0 Å². The van der Waals surface area contributed by atoms with Gasteiger partial charge in [0.15, 0.2) is 0 Å². The van der Waals surface area contributed by atoms with Gasteiger partial charge in [-0.15, -0.1) is 0 Å². The van der Waals surface area contributed by atoms with Crippen LogP contribution in [0.25, 0.3) is 0 Å². The van der Waals surface area contributed by atoms with Crippen molar-refractivity contribution in [1.82, 2.24) is 4.90 Å². The number of piperidine rings is 3. The van der Waals surface area contributed by atoms with Crippen molar-refractivity contribution in [3.63, 3.8) is 0 Å². The average molecular weight is 181 g/mol. The zero-order valence-electron chi connectivity index (χ0n) is 8.41. The first-order valence-corrected chi connectivity index (χ1v) is 5.35. The van der Waals surface area contributed by atoms with E-state index in [-0.39, 0.29) is 0 Å². The highest BCUT2D eigenvalue weighted by Crippen LogP contribution is 2.29. The van der Waals surface area contributed by atoms with Crippen molar-refractivity contribution < 1.29 is 4.74 Å². The predicted molar refractivity (Wildman–Crippen MR) is 53.7 cm³/mol. The zero-order valence-corrected chi connectivity index (χ0v) is 8.41. The Morgan fingerprint density at radius 2 is 2.15 bits per heavy atom. The summed E-state index contributed by atoms with van der Waals surface area (Å²) in [6, 6.07) is 0. The normalized spacial score (nSPS) is 38.7. The predicted octanol–water partition coefficient (Wildman–Crippen LogP) is 1.67. The quantitative estimate of drug-likeness (QED) is 0.614. The molecule has 0 radical (unpaired) electrons. The highest BCUT2D eigenvalue weighted by atomic mass is 16.5. The summed E-state index contributed by atoms with van der Waals surface area (Å²) in [5, 5.41) is 0. The van der Waals surface area contributed by atoms with Gasteiger partial charge in [-0.2, -0.15) is 0 Å². The Kier molecular flexibility index (Phi) is 3.01. The molecule has 0 amide bonds. The maximum absolute atomic E-state index is 5.83. The first-order chi connectivity index (χ1) is 6.40. The summed E-state index contributed by atoms with van der Waals surface area (Å²) in [6.07, 6.45) is 7.36. The number of fused-ring (bicyclic) bond motifs is 3. The van der Waals surface area contributed by atoms with Crippen molar-refractivity contribution >= 4 is 0 Å². The van der Waals surface area contributed by atoms with E-state index in [1.807, 2.05) is 6.92 Å². The van der Waals surface area contributed by atoms with Crippen molar-refractivity contribution in [2.75, 3.05) is 26.2 Å². The van der Waals surface area contributed by atoms with E-state index in [1.165, 1.54) is 32.5 Å². The molecule has 1 unspecified atom stereocenters. The zero-order chi connectivity index (χ0) is 9.10. The molecule has 3 aliphatic rings. The van der Waals surface area contributed by atoms with E-state index in [0.717, 1.165) is 12.5 Å². The number of hydrogen-bond donors (Lipinski definition) is 0.